The molecule has 1 aromatic carbocycles. The summed E-state index contributed by atoms with van der Waals surface area (Å²) < 4.78 is 7.72. The summed E-state index contributed by atoms with van der Waals surface area (Å²) in [5.41, 5.74) is 3.05. The number of amides is 2. The maximum atomic E-state index is 12.5. The number of carbonyl (C=O) groups is 2. The Morgan fingerprint density at radius 1 is 1.09 bits per heavy atom. The molecule has 2 aromatic rings. The van der Waals surface area contributed by atoms with Crippen molar-refractivity contribution in [2.24, 2.45) is 13.0 Å². The number of carbonyl (C=O) groups excluding carboxylic acids is 2. The van der Waals surface area contributed by atoms with E-state index in [1.165, 1.54) is 25.1 Å². The smallest absolute Gasteiger partial charge is 0.235 e. The van der Waals surface area contributed by atoms with E-state index >= 15 is 0 Å². The molecule has 0 spiro atoms. The molecule has 2 N–H and O–H groups in total. The van der Waals surface area contributed by atoms with E-state index < -0.39 is 0 Å². The van der Waals surface area contributed by atoms with Gasteiger partial charge < -0.3 is 15.0 Å². The third-order valence-electron chi connectivity index (χ3n) is 8.18. The Hall–Kier alpha value is -2.49. The number of morpholine rings is 1. The van der Waals surface area contributed by atoms with E-state index in [2.05, 4.69) is 38.6 Å². The second kappa shape index (κ2) is 8.94. The quantitative estimate of drug-likeness (QED) is 0.649. The van der Waals surface area contributed by atoms with Gasteiger partial charge in [0.15, 0.2) is 0 Å². The highest BCUT2D eigenvalue weighted by Crippen LogP contribution is 2.36. The predicted octanol–water partition coefficient (Wildman–Crippen LogP) is 0.983. The van der Waals surface area contributed by atoms with Crippen molar-refractivity contribution in [1.82, 2.24) is 25.3 Å². The number of anilines is 1. The fourth-order valence-electron chi connectivity index (χ4n) is 6.36. The van der Waals surface area contributed by atoms with Crippen LogP contribution in [0.2, 0.25) is 0 Å². The van der Waals surface area contributed by atoms with Crippen molar-refractivity contribution in [2.75, 3.05) is 50.8 Å². The summed E-state index contributed by atoms with van der Waals surface area (Å²) in [5.74, 6) is -0.0837. The highest BCUT2D eigenvalue weighted by molar-refractivity contribution is 6.03. The van der Waals surface area contributed by atoms with Crippen molar-refractivity contribution in [3.05, 3.63) is 23.9 Å². The number of fused-ring (bicyclic) bond motifs is 3. The number of piperazine rings is 1. The molecule has 0 saturated carbocycles. The van der Waals surface area contributed by atoms with Gasteiger partial charge in [-0.15, -0.1) is 0 Å². The van der Waals surface area contributed by atoms with Crippen LogP contribution < -0.4 is 15.5 Å². The Bertz CT molecular complexity index is 1070. The summed E-state index contributed by atoms with van der Waals surface area (Å²) in [4.78, 5) is 29.3. The molecule has 2 amide bonds. The van der Waals surface area contributed by atoms with Crippen molar-refractivity contribution in [2.45, 2.75) is 43.7 Å². The summed E-state index contributed by atoms with van der Waals surface area (Å²) in [6.45, 7) is 6.99. The minimum atomic E-state index is -0.371. The number of nitrogens with one attached hydrogen (secondary N) is 2. The minimum Gasteiger partial charge on any atom is -0.378 e. The Labute approximate surface area is 199 Å². The number of benzene rings is 1. The fourth-order valence-corrected chi connectivity index (χ4v) is 6.36. The number of hydrogen-bond acceptors (Lipinski definition) is 7. The number of aryl methyl sites for hydroxylation is 1. The average Bonchev–Trinajstić information content (AvgIpc) is 3.16. The lowest BCUT2D eigenvalue weighted by Gasteiger charge is -2.48. The third-order valence-corrected chi connectivity index (χ3v) is 8.18. The average molecular weight is 467 g/mol. The van der Waals surface area contributed by atoms with Gasteiger partial charge in [0.2, 0.25) is 11.8 Å². The lowest BCUT2D eigenvalue weighted by Crippen LogP contribution is -2.64. The second-order valence-corrected chi connectivity index (χ2v) is 10.3. The first-order valence-electron chi connectivity index (χ1n) is 12.7. The molecule has 9 nitrogen and oxygen atoms in total. The van der Waals surface area contributed by atoms with Gasteiger partial charge in [-0.25, -0.2) is 0 Å². The Morgan fingerprint density at radius 3 is 2.59 bits per heavy atom. The topological polar surface area (TPSA) is 91.7 Å². The van der Waals surface area contributed by atoms with Crippen LogP contribution in [0.25, 0.3) is 10.9 Å². The summed E-state index contributed by atoms with van der Waals surface area (Å²) in [6.07, 6.45) is 3.24. The number of rotatable bonds is 4. The molecule has 4 fully saturated rings. The number of nitrogens with zero attached hydrogens (tertiary/aromatic N) is 4. The SMILES string of the molecule is Cn1nc(C2CCC(=O)NC2=O)c2cccc(N3CCC(CN4C5CNCC4COC5)CC3)c21. The van der Waals surface area contributed by atoms with E-state index in [-0.39, 0.29) is 17.7 Å². The molecule has 4 aliphatic heterocycles. The first kappa shape index (κ1) is 22.0. The maximum Gasteiger partial charge on any atom is 0.235 e. The van der Waals surface area contributed by atoms with Gasteiger partial charge in [-0.05, 0) is 31.2 Å². The van der Waals surface area contributed by atoms with Crippen LogP contribution in [0.1, 0.15) is 37.3 Å². The van der Waals surface area contributed by atoms with Crippen molar-refractivity contribution >= 4 is 28.4 Å². The van der Waals surface area contributed by atoms with E-state index in [0.717, 1.165) is 56.0 Å². The van der Waals surface area contributed by atoms with E-state index in [1.807, 2.05) is 11.7 Å². The predicted molar refractivity (Wildman–Crippen MR) is 129 cm³/mol. The zero-order chi connectivity index (χ0) is 23.2. The zero-order valence-electron chi connectivity index (χ0n) is 19.8. The van der Waals surface area contributed by atoms with E-state index in [9.17, 15) is 9.59 Å². The lowest BCUT2D eigenvalue weighted by molar-refractivity contribution is -0.134. The molecule has 3 atom stereocenters. The van der Waals surface area contributed by atoms with Gasteiger partial charge in [0, 0.05) is 63.7 Å². The van der Waals surface area contributed by atoms with E-state index in [4.69, 9.17) is 9.84 Å². The summed E-state index contributed by atoms with van der Waals surface area (Å²) >= 11 is 0. The molecule has 3 unspecified atom stereocenters. The molecule has 182 valence electrons. The van der Waals surface area contributed by atoms with Gasteiger partial charge >= 0.3 is 0 Å². The number of imide groups is 1. The highest BCUT2D eigenvalue weighted by Gasteiger charge is 2.37. The van der Waals surface area contributed by atoms with Crippen molar-refractivity contribution in [3.8, 4) is 0 Å². The molecule has 6 rings (SSSR count). The number of hydrogen-bond donors (Lipinski definition) is 2. The van der Waals surface area contributed by atoms with Crippen LogP contribution in [0.4, 0.5) is 5.69 Å². The standard InChI is InChI=1S/C25H34N6O3/c1-29-24-19(23(28-29)20-5-6-22(32)27-25(20)33)3-2-4-21(24)30-9-7-16(8-10-30)13-31-17-11-26-12-18(31)15-34-14-17/h2-4,16-18,20,26H,5-15H2,1H3,(H,27,32,33). The maximum absolute atomic E-state index is 12.5. The number of para-hydroxylation sites is 1. The Kier molecular flexibility index (Phi) is 5.79. The summed E-state index contributed by atoms with van der Waals surface area (Å²) in [5, 5.41) is 11.8. The number of piperidine rings is 2. The molecule has 1 aromatic heterocycles. The second-order valence-electron chi connectivity index (χ2n) is 10.3. The van der Waals surface area contributed by atoms with Crippen molar-refractivity contribution < 1.29 is 14.3 Å². The van der Waals surface area contributed by atoms with Crippen LogP contribution in [0.3, 0.4) is 0 Å². The van der Waals surface area contributed by atoms with E-state index in [0.29, 0.717) is 30.8 Å². The molecule has 4 aliphatic rings. The summed E-state index contributed by atoms with van der Waals surface area (Å²) in [7, 11) is 1.96. The molecule has 4 saturated heterocycles. The molecule has 5 heterocycles. The number of aromatic nitrogens is 2. The van der Waals surface area contributed by atoms with Crippen LogP contribution in [-0.4, -0.2) is 84.5 Å². The molecule has 9 heteroatoms. The van der Waals surface area contributed by atoms with Crippen LogP contribution in [0.15, 0.2) is 18.2 Å². The molecule has 0 aliphatic carbocycles. The minimum absolute atomic E-state index is 0.193. The van der Waals surface area contributed by atoms with Crippen molar-refractivity contribution in [3.63, 3.8) is 0 Å². The van der Waals surface area contributed by atoms with Gasteiger partial charge in [-0.1, -0.05) is 12.1 Å². The monoisotopic (exact) mass is 466 g/mol. The first-order chi connectivity index (χ1) is 16.6. The fraction of sp³-hybridized carbons (Fsp3) is 0.640. The van der Waals surface area contributed by atoms with Crippen LogP contribution in [0.5, 0.6) is 0 Å². The summed E-state index contributed by atoms with van der Waals surface area (Å²) in [6, 6.07) is 7.33. The molecular formula is C25H34N6O3. The zero-order valence-corrected chi connectivity index (χ0v) is 19.8. The van der Waals surface area contributed by atoms with Crippen LogP contribution >= 0.6 is 0 Å². The lowest BCUT2D eigenvalue weighted by atomic mass is 9.92. The third kappa shape index (κ3) is 3.89. The molecule has 0 radical (unpaired) electrons. The first-order valence-corrected chi connectivity index (χ1v) is 12.7. The van der Waals surface area contributed by atoms with Gasteiger partial charge in [0.05, 0.1) is 36.0 Å². The van der Waals surface area contributed by atoms with Gasteiger partial charge in [-0.3, -0.25) is 24.5 Å². The van der Waals surface area contributed by atoms with Gasteiger partial charge in [-0.2, -0.15) is 5.10 Å². The normalized spacial score (nSPS) is 29.0. The Morgan fingerprint density at radius 2 is 1.85 bits per heavy atom. The molecular weight excluding hydrogens is 432 g/mol. The van der Waals surface area contributed by atoms with Crippen LogP contribution in [0, 0.1) is 5.92 Å². The van der Waals surface area contributed by atoms with Crippen molar-refractivity contribution in [1.29, 1.82) is 0 Å². The number of ether oxygens (including phenoxy) is 1. The highest BCUT2D eigenvalue weighted by atomic mass is 16.5. The Balaban J connectivity index is 1.18. The largest absolute Gasteiger partial charge is 0.378 e. The molecule has 2 bridgehead atoms. The van der Waals surface area contributed by atoms with E-state index in [1.54, 1.807) is 0 Å². The molecule has 34 heavy (non-hydrogen) atoms. The van der Waals surface area contributed by atoms with Gasteiger partial charge in [0.1, 0.15) is 0 Å². The van der Waals surface area contributed by atoms with Gasteiger partial charge in [0.25, 0.3) is 0 Å². The van der Waals surface area contributed by atoms with Crippen LogP contribution in [-0.2, 0) is 21.4 Å².